The molecule has 3 aliphatic heterocycles. The molecule has 1 N–H and O–H groups in total. The Hall–Kier alpha value is -2.90. The molecule has 1 spiro atoms. The smallest absolute Gasteiger partial charge is 0.306 e. The summed E-state index contributed by atoms with van der Waals surface area (Å²) in [6.07, 6.45) is 8.21. The maximum atomic E-state index is 13.5. The Bertz CT molecular complexity index is 1490. The van der Waals surface area contributed by atoms with E-state index in [0.717, 1.165) is 90.6 Å². The van der Waals surface area contributed by atoms with E-state index in [2.05, 4.69) is 33.6 Å². The Labute approximate surface area is 309 Å². The first-order chi connectivity index (χ1) is 24.2. The lowest BCUT2D eigenvalue weighted by molar-refractivity contribution is -0.153. The van der Waals surface area contributed by atoms with Crippen LogP contribution in [0.4, 0.5) is 0 Å². The lowest BCUT2D eigenvalue weighted by atomic mass is 9.65. The van der Waals surface area contributed by atoms with Crippen LogP contribution in [0.2, 0.25) is 0 Å². The molecule has 3 atom stereocenters. The Kier molecular flexibility index (Phi) is 12.6. The van der Waals surface area contributed by atoms with Crippen LogP contribution in [-0.2, 0) is 42.4 Å². The average molecular weight is 803 g/mol. The minimum Gasteiger partial charge on any atom is -0.493 e. The van der Waals surface area contributed by atoms with Gasteiger partial charge in [-0.2, -0.15) is 0 Å². The lowest BCUT2D eigenvalue weighted by Gasteiger charge is -2.41. The Morgan fingerprint density at radius 1 is 0.920 bits per heavy atom. The first-order valence-corrected chi connectivity index (χ1v) is 19.5. The van der Waals surface area contributed by atoms with E-state index in [1.165, 1.54) is 0 Å². The number of rotatable bonds is 14. The average Bonchev–Trinajstić information content (AvgIpc) is 3.35. The molecule has 4 aliphatic rings. The summed E-state index contributed by atoms with van der Waals surface area (Å²) >= 11 is 2.23. The number of carbonyl (C=O) groups is 3. The lowest BCUT2D eigenvalue weighted by Crippen LogP contribution is -2.47. The van der Waals surface area contributed by atoms with Crippen LogP contribution in [0.3, 0.4) is 0 Å². The Morgan fingerprint density at radius 2 is 1.70 bits per heavy atom. The van der Waals surface area contributed by atoms with Gasteiger partial charge < -0.3 is 33.9 Å². The summed E-state index contributed by atoms with van der Waals surface area (Å²) < 4.78 is 24.8. The first-order valence-electron chi connectivity index (χ1n) is 18.4. The summed E-state index contributed by atoms with van der Waals surface area (Å²) in [7, 11) is 1.65. The summed E-state index contributed by atoms with van der Waals surface area (Å²) in [6, 6.07) is 11.8. The Morgan fingerprint density at radius 3 is 2.48 bits per heavy atom. The maximum Gasteiger partial charge on any atom is 0.306 e. The normalized spacial score (nSPS) is 23.3. The van der Waals surface area contributed by atoms with Crippen molar-refractivity contribution in [3.8, 4) is 11.5 Å². The fourth-order valence-corrected chi connectivity index (χ4v) is 8.55. The van der Waals surface area contributed by atoms with Crippen molar-refractivity contribution in [2.75, 3.05) is 33.3 Å². The maximum absolute atomic E-state index is 13.5. The third-order valence-electron chi connectivity index (χ3n) is 11.0. The van der Waals surface area contributed by atoms with E-state index in [-0.39, 0.29) is 61.0 Å². The van der Waals surface area contributed by atoms with Gasteiger partial charge >= 0.3 is 11.9 Å². The van der Waals surface area contributed by atoms with Crippen molar-refractivity contribution in [2.24, 2.45) is 0 Å². The number of hydrogen-bond donors (Lipinski definition) is 1. The summed E-state index contributed by atoms with van der Waals surface area (Å²) in [6.45, 7) is 4.40. The van der Waals surface area contributed by atoms with E-state index < -0.39 is 0 Å². The number of hydrogen-bond acceptors (Lipinski definition) is 9. The van der Waals surface area contributed by atoms with Crippen LogP contribution in [0.5, 0.6) is 11.5 Å². The highest BCUT2D eigenvalue weighted by molar-refractivity contribution is 14.1. The molecule has 2 aromatic carbocycles. The van der Waals surface area contributed by atoms with E-state index in [1.54, 1.807) is 7.11 Å². The number of benzene rings is 2. The van der Waals surface area contributed by atoms with Gasteiger partial charge in [-0.1, -0.05) is 24.6 Å². The molecular weight excluding hydrogens is 751 g/mol. The molecule has 0 aromatic heterocycles. The van der Waals surface area contributed by atoms with Crippen LogP contribution in [0.15, 0.2) is 36.4 Å². The third-order valence-corrected chi connectivity index (χ3v) is 11.7. The van der Waals surface area contributed by atoms with Crippen molar-refractivity contribution < 1.29 is 38.4 Å². The van der Waals surface area contributed by atoms with Crippen molar-refractivity contribution in [1.29, 1.82) is 0 Å². The second-order valence-electron chi connectivity index (χ2n) is 14.4. The fourth-order valence-electron chi connectivity index (χ4n) is 8.19. The quantitative estimate of drug-likeness (QED) is 0.139. The van der Waals surface area contributed by atoms with Gasteiger partial charge in [0.05, 0.1) is 13.2 Å². The molecule has 50 heavy (non-hydrogen) atoms. The van der Waals surface area contributed by atoms with E-state index >= 15 is 0 Å². The minimum atomic E-state index is -0.325. The largest absolute Gasteiger partial charge is 0.493 e. The second kappa shape index (κ2) is 17.1. The predicted octanol–water partition coefficient (Wildman–Crippen LogP) is 6.06. The van der Waals surface area contributed by atoms with E-state index in [4.69, 9.17) is 18.9 Å². The Balaban J connectivity index is 0.982. The number of likely N-dealkylation sites (tertiary alicyclic amines) is 1. The number of aliphatic hydroxyl groups excluding tert-OH is 1. The fraction of sp³-hybridized carbons (Fsp3) is 0.615. The summed E-state index contributed by atoms with van der Waals surface area (Å²) in [5.41, 5.74) is 2.95. The van der Waals surface area contributed by atoms with Gasteiger partial charge in [-0.05, 0) is 110 Å². The zero-order chi connectivity index (χ0) is 35.1. The van der Waals surface area contributed by atoms with Crippen LogP contribution in [0, 0.1) is 3.57 Å². The second-order valence-corrected chi connectivity index (χ2v) is 15.6. The summed E-state index contributed by atoms with van der Waals surface area (Å²) in [4.78, 5) is 43.0. The molecule has 1 saturated heterocycles. The monoisotopic (exact) mass is 802 g/mol. The van der Waals surface area contributed by atoms with Gasteiger partial charge in [0.15, 0.2) is 11.5 Å². The van der Waals surface area contributed by atoms with Crippen LogP contribution < -0.4 is 9.47 Å². The number of halogens is 1. The molecular formula is C39H51IN2O8. The van der Waals surface area contributed by atoms with E-state index in [1.807, 2.05) is 35.2 Å². The number of unbranched alkanes of at least 4 members (excludes halogenated alkanes) is 2. The van der Waals surface area contributed by atoms with Crippen LogP contribution >= 0.6 is 22.6 Å². The summed E-state index contributed by atoms with van der Waals surface area (Å²) in [5, 5.41) is 9.74. The van der Waals surface area contributed by atoms with E-state index in [9.17, 15) is 19.5 Å². The molecule has 0 bridgehead atoms. The number of esters is 2. The molecule has 1 saturated carbocycles. The highest BCUT2D eigenvalue weighted by atomic mass is 127. The number of nitrogens with zero attached hydrogens (tertiary/aromatic N) is 2. The number of aliphatic hydroxyl groups is 1. The van der Waals surface area contributed by atoms with Gasteiger partial charge in [0.2, 0.25) is 5.91 Å². The third kappa shape index (κ3) is 8.93. The molecule has 0 unspecified atom stereocenters. The van der Waals surface area contributed by atoms with Gasteiger partial charge in [-0.3, -0.25) is 14.4 Å². The molecule has 0 radical (unpaired) electrons. The van der Waals surface area contributed by atoms with Crippen LogP contribution in [0.25, 0.3) is 0 Å². The summed E-state index contributed by atoms with van der Waals surface area (Å²) in [5.74, 6) is 1.03. The van der Waals surface area contributed by atoms with Gasteiger partial charge in [0.1, 0.15) is 18.8 Å². The standard InChI is InChI=1S/C39H51IN2O8/c1-47-32-14-11-28-25-42(34(44)6-3-2-4-20-41-21-16-30(43)17-22-41)23-19-39-18-15-31(24-33(39)50-38(32)37(28)39)49-36(46)8-5-7-35(45)48-26-27-9-12-29(40)13-10-27/h9-14,30-31,33,43H,2-8,15-26H2,1H3/t31-,33-,39+/m1/s1. The topological polar surface area (TPSA) is 115 Å². The molecule has 11 heteroatoms. The molecule has 2 aromatic rings. The van der Waals surface area contributed by atoms with E-state index in [0.29, 0.717) is 44.5 Å². The molecule has 1 aliphatic carbocycles. The van der Waals surface area contributed by atoms with Gasteiger partial charge in [0, 0.05) is 66.4 Å². The van der Waals surface area contributed by atoms with Crippen molar-refractivity contribution in [3.63, 3.8) is 0 Å². The zero-order valence-corrected chi connectivity index (χ0v) is 31.4. The van der Waals surface area contributed by atoms with Crippen molar-refractivity contribution >= 4 is 40.4 Å². The highest BCUT2D eigenvalue weighted by Gasteiger charge is 2.55. The van der Waals surface area contributed by atoms with Crippen LogP contribution in [-0.4, -0.2) is 84.4 Å². The van der Waals surface area contributed by atoms with Gasteiger partial charge in [0.25, 0.3) is 0 Å². The number of amides is 1. The van der Waals surface area contributed by atoms with Crippen molar-refractivity contribution in [2.45, 2.75) is 120 Å². The molecule has 1 amide bonds. The zero-order valence-electron chi connectivity index (χ0n) is 29.2. The predicted molar refractivity (Wildman–Crippen MR) is 196 cm³/mol. The number of ether oxygens (including phenoxy) is 4. The SMILES string of the molecule is COc1ccc2c3c1O[C@@H]1C[C@H](OC(=O)CCCC(=O)OCc4ccc(I)cc4)CC[C@@]31CCN(C(=O)CCCCCN1CCC(O)CC1)C2. The number of carbonyl (C=O) groups excluding carboxylic acids is 3. The van der Waals surface area contributed by atoms with Crippen LogP contribution in [0.1, 0.15) is 100 Å². The highest BCUT2D eigenvalue weighted by Crippen LogP contribution is 2.58. The van der Waals surface area contributed by atoms with Gasteiger partial charge in [-0.25, -0.2) is 0 Å². The molecule has 10 nitrogen and oxygen atoms in total. The number of piperidine rings is 1. The first kappa shape index (κ1) is 36.9. The minimum absolute atomic E-state index is 0.149. The van der Waals surface area contributed by atoms with Gasteiger partial charge in [-0.15, -0.1) is 0 Å². The van der Waals surface area contributed by atoms with Crippen molar-refractivity contribution in [1.82, 2.24) is 9.80 Å². The molecule has 3 heterocycles. The van der Waals surface area contributed by atoms with Crippen molar-refractivity contribution in [3.05, 3.63) is 56.7 Å². The molecule has 272 valence electrons. The molecule has 2 fully saturated rings. The number of methoxy groups -OCH3 is 1. The molecule has 6 rings (SSSR count).